The van der Waals surface area contributed by atoms with E-state index in [1.165, 1.54) is 31.2 Å². The van der Waals surface area contributed by atoms with Crippen LogP contribution in [0.2, 0.25) is 0 Å². The monoisotopic (exact) mass is 584 g/mol. The summed E-state index contributed by atoms with van der Waals surface area (Å²) < 4.78 is 40.2. The highest BCUT2D eigenvalue weighted by molar-refractivity contribution is 6.04. The number of piperidine rings is 1. The van der Waals surface area contributed by atoms with E-state index >= 15 is 0 Å². The largest absolute Gasteiger partial charge is 0.496 e. The first-order valence-electron chi connectivity index (χ1n) is 14.0. The van der Waals surface area contributed by atoms with Gasteiger partial charge in [-0.15, -0.1) is 0 Å². The smallest absolute Gasteiger partial charge is 0.410 e. The van der Waals surface area contributed by atoms with Gasteiger partial charge in [0.05, 0.1) is 12.8 Å². The number of rotatable bonds is 7. The van der Waals surface area contributed by atoms with Gasteiger partial charge in [0.2, 0.25) is 0 Å². The topological polar surface area (TPSA) is 106 Å². The Kier molecular flexibility index (Phi) is 8.79. The second-order valence-corrected chi connectivity index (χ2v) is 11.5. The van der Waals surface area contributed by atoms with Crippen LogP contribution in [0.15, 0.2) is 42.5 Å². The average Bonchev–Trinajstić information content (AvgIpc) is 3.25. The van der Waals surface area contributed by atoms with E-state index in [4.69, 9.17) is 9.47 Å². The Hall–Kier alpha value is -4.15. The molecule has 11 heteroatoms. The van der Waals surface area contributed by atoms with Crippen molar-refractivity contribution >= 4 is 17.7 Å². The molecule has 0 atom stereocenters. The van der Waals surface area contributed by atoms with Gasteiger partial charge in [-0.1, -0.05) is 19.1 Å². The number of carbonyl (C=O) groups is 2. The van der Waals surface area contributed by atoms with E-state index in [1.807, 2.05) is 26.8 Å². The molecule has 1 saturated heterocycles. The lowest BCUT2D eigenvalue weighted by molar-refractivity contribution is -0.00826. The summed E-state index contributed by atoms with van der Waals surface area (Å²) in [5.74, 6) is -2.81. The first-order valence-corrected chi connectivity index (χ1v) is 14.0. The molecule has 1 aromatic heterocycles. The van der Waals surface area contributed by atoms with Crippen molar-refractivity contribution < 1.29 is 33.1 Å². The zero-order valence-corrected chi connectivity index (χ0v) is 24.8. The molecule has 0 spiro atoms. The third-order valence-electron chi connectivity index (χ3n) is 7.31. The number of nitrogens with one attached hydrogen (secondary N) is 1. The molecule has 0 radical (unpaired) electrons. The van der Waals surface area contributed by atoms with E-state index < -0.39 is 17.4 Å². The highest BCUT2D eigenvalue weighted by Crippen LogP contribution is 2.38. The fourth-order valence-corrected chi connectivity index (χ4v) is 5.08. The SMILES string of the molecule is CCC(F)(F)c1cccc(NC(=O)c2c(C)nc(-c3ccc(OC)c(C4CCN(C(=O)OC(C)(C)C)CC4)c3)n2O)c1. The first-order chi connectivity index (χ1) is 19.7. The van der Waals surface area contributed by atoms with Crippen molar-refractivity contribution in [2.45, 2.75) is 71.3 Å². The predicted molar refractivity (Wildman–Crippen MR) is 154 cm³/mol. The van der Waals surface area contributed by atoms with Crippen LogP contribution in [0.3, 0.4) is 0 Å². The number of halogens is 2. The minimum atomic E-state index is -3.03. The number of alkyl halides is 2. The molecule has 0 unspecified atom stereocenters. The van der Waals surface area contributed by atoms with Gasteiger partial charge >= 0.3 is 6.09 Å². The van der Waals surface area contributed by atoms with Crippen LogP contribution in [0, 0.1) is 6.92 Å². The fourth-order valence-electron chi connectivity index (χ4n) is 5.08. The Morgan fingerprint density at radius 3 is 2.43 bits per heavy atom. The number of methoxy groups -OCH3 is 1. The summed E-state index contributed by atoms with van der Waals surface area (Å²) in [6.45, 7) is 9.53. The van der Waals surface area contributed by atoms with Crippen LogP contribution in [0.25, 0.3) is 11.4 Å². The van der Waals surface area contributed by atoms with Gasteiger partial charge in [0, 0.05) is 36.3 Å². The summed E-state index contributed by atoms with van der Waals surface area (Å²) in [4.78, 5) is 31.8. The summed E-state index contributed by atoms with van der Waals surface area (Å²) in [5.41, 5.74) is 1.02. The van der Waals surface area contributed by atoms with Gasteiger partial charge in [-0.05, 0) is 82.3 Å². The maximum Gasteiger partial charge on any atom is 0.410 e. The quantitative estimate of drug-likeness (QED) is 0.291. The highest BCUT2D eigenvalue weighted by atomic mass is 19.3. The lowest BCUT2D eigenvalue weighted by atomic mass is 9.88. The molecular weight excluding hydrogens is 546 g/mol. The first kappa shape index (κ1) is 30.8. The van der Waals surface area contributed by atoms with Crippen molar-refractivity contribution in [1.82, 2.24) is 14.6 Å². The zero-order chi connectivity index (χ0) is 30.8. The molecule has 226 valence electrons. The second-order valence-electron chi connectivity index (χ2n) is 11.5. The minimum Gasteiger partial charge on any atom is -0.496 e. The lowest BCUT2D eigenvalue weighted by Crippen LogP contribution is -2.41. The minimum absolute atomic E-state index is 0.0816. The molecule has 0 aliphatic carbocycles. The van der Waals surface area contributed by atoms with Crippen LogP contribution >= 0.6 is 0 Å². The summed E-state index contributed by atoms with van der Waals surface area (Å²) >= 11 is 0. The molecule has 1 aliphatic rings. The number of aromatic nitrogens is 2. The van der Waals surface area contributed by atoms with Gasteiger partial charge in [0.15, 0.2) is 11.5 Å². The standard InChI is InChI=1S/C31H38F2N4O5/c1-7-31(32,33)22-9-8-10-23(18-22)35-28(38)26-19(2)34-27(37(26)40)21-11-12-25(41-6)24(17-21)20-13-15-36(16-14-20)29(39)42-30(3,4)5/h8-12,17-18,20,40H,7,13-16H2,1-6H3,(H,35,38). The Balaban J connectivity index is 1.56. The summed E-state index contributed by atoms with van der Waals surface area (Å²) in [7, 11) is 1.58. The molecule has 1 fully saturated rings. The van der Waals surface area contributed by atoms with Crippen LogP contribution in [0.1, 0.15) is 80.2 Å². The van der Waals surface area contributed by atoms with E-state index in [-0.39, 0.29) is 46.9 Å². The number of aryl methyl sites for hydroxylation is 1. The Bertz CT molecular complexity index is 1460. The van der Waals surface area contributed by atoms with Crippen LogP contribution < -0.4 is 10.1 Å². The number of ether oxygens (including phenoxy) is 2. The molecular formula is C31H38F2N4O5. The molecule has 2 N–H and O–H groups in total. The van der Waals surface area contributed by atoms with Crippen LogP contribution in [0.5, 0.6) is 5.75 Å². The zero-order valence-electron chi connectivity index (χ0n) is 24.8. The number of hydrogen-bond acceptors (Lipinski definition) is 6. The molecule has 9 nitrogen and oxygen atoms in total. The summed E-state index contributed by atoms with van der Waals surface area (Å²) in [6, 6.07) is 10.9. The van der Waals surface area contributed by atoms with E-state index in [0.29, 0.717) is 42.0 Å². The van der Waals surface area contributed by atoms with Crippen molar-refractivity contribution in [2.24, 2.45) is 0 Å². The molecule has 2 aromatic carbocycles. The molecule has 0 saturated carbocycles. The van der Waals surface area contributed by atoms with Gasteiger partial charge in [0.25, 0.3) is 11.8 Å². The van der Waals surface area contributed by atoms with Crippen molar-refractivity contribution in [3.05, 3.63) is 65.0 Å². The molecule has 3 aromatic rings. The Morgan fingerprint density at radius 1 is 1.12 bits per heavy atom. The van der Waals surface area contributed by atoms with E-state index in [9.17, 15) is 23.6 Å². The van der Waals surface area contributed by atoms with Crippen molar-refractivity contribution in [3.8, 4) is 17.1 Å². The summed E-state index contributed by atoms with van der Waals surface area (Å²) in [6.07, 6.45) is 0.671. The number of carbonyl (C=O) groups excluding carboxylic acids is 2. The second kappa shape index (κ2) is 12.0. The van der Waals surface area contributed by atoms with Crippen LogP contribution in [-0.2, 0) is 10.7 Å². The van der Waals surface area contributed by atoms with Gasteiger partial charge in [0.1, 0.15) is 11.4 Å². The Labute approximate surface area is 244 Å². The van der Waals surface area contributed by atoms with Gasteiger partial charge in [-0.25, -0.2) is 18.6 Å². The fraction of sp³-hybridized carbons (Fsp3) is 0.452. The van der Waals surface area contributed by atoms with Crippen molar-refractivity contribution in [3.63, 3.8) is 0 Å². The van der Waals surface area contributed by atoms with E-state index in [0.717, 1.165) is 5.56 Å². The number of likely N-dealkylation sites (tertiary alicyclic amines) is 1. The molecule has 42 heavy (non-hydrogen) atoms. The predicted octanol–water partition coefficient (Wildman–Crippen LogP) is 6.97. The number of nitrogens with zero attached hydrogens (tertiary/aromatic N) is 3. The third-order valence-corrected chi connectivity index (χ3v) is 7.31. The van der Waals surface area contributed by atoms with Crippen molar-refractivity contribution in [1.29, 1.82) is 0 Å². The maximum absolute atomic E-state index is 14.2. The number of imidazole rings is 1. The highest BCUT2D eigenvalue weighted by Gasteiger charge is 2.31. The number of benzene rings is 2. The number of hydrogen-bond donors (Lipinski definition) is 2. The Morgan fingerprint density at radius 2 is 1.81 bits per heavy atom. The van der Waals surface area contributed by atoms with Crippen molar-refractivity contribution in [2.75, 3.05) is 25.5 Å². The van der Waals surface area contributed by atoms with Crippen LogP contribution in [-0.4, -0.2) is 57.6 Å². The molecule has 4 rings (SSSR count). The molecule has 0 bridgehead atoms. The number of amides is 2. The van der Waals surface area contributed by atoms with Gasteiger partial charge in [-0.2, -0.15) is 4.73 Å². The maximum atomic E-state index is 14.2. The molecule has 2 heterocycles. The lowest BCUT2D eigenvalue weighted by Gasteiger charge is -2.34. The molecule has 2 amide bonds. The normalized spacial score (nSPS) is 14.5. The van der Waals surface area contributed by atoms with Gasteiger partial charge in [-0.3, -0.25) is 4.79 Å². The number of anilines is 1. The third kappa shape index (κ3) is 6.66. The van der Waals surface area contributed by atoms with Crippen LogP contribution in [0.4, 0.5) is 19.3 Å². The summed E-state index contributed by atoms with van der Waals surface area (Å²) in [5, 5.41) is 13.6. The van der Waals surface area contributed by atoms with E-state index in [1.54, 1.807) is 31.1 Å². The van der Waals surface area contributed by atoms with Gasteiger partial charge < -0.3 is 24.9 Å². The molecule has 1 aliphatic heterocycles. The average molecular weight is 585 g/mol. The van der Waals surface area contributed by atoms with E-state index in [2.05, 4.69) is 10.3 Å².